The van der Waals surface area contributed by atoms with E-state index in [1.165, 1.54) is 6.42 Å². The molecule has 2 aliphatic rings. The Morgan fingerprint density at radius 2 is 1.88 bits per heavy atom. The predicted molar refractivity (Wildman–Crippen MR) is 89.8 cm³/mol. The zero-order chi connectivity index (χ0) is 15.9. The molecule has 0 radical (unpaired) electrons. The first-order chi connectivity index (χ1) is 11.9. The molecule has 120 valence electrons. The maximum atomic E-state index is 6.04. The topological polar surface area (TPSA) is 52.8 Å². The smallest absolute Gasteiger partial charge is 0.181 e. The van der Waals surface area contributed by atoms with Crippen LogP contribution in [0.5, 0.6) is 0 Å². The molecule has 1 aromatic carbocycles. The minimum atomic E-state index is 0.269. The normalized spacial score (nSPS) is 25.2. The van der Waals surface area contributed by atoms with Crippen molar-refractivity contribution in [2.24, 2.45) is 0 Å². The fraction of sp³-hybridized carbons (Fsp3) is 0.316. The third kappa shape index (κ3) is 2.24. The zero-order valence-electron chi connectivity index (χ0n) is 13.2. The van der Waals surface area contributed by atoms with Gasteiger partial charge in [0.05, 0.1) is 12.2 Å². The number of hydrogen-bond donors (Lipinski definition) is 0. The van der Waals surface area contributed by atoms with Crippen LogP contribution in [0.1, 0.15) is 31.0 Å². The van der Waals surface area contributed by atoms with Gasteiger partial charge in [0.2, 0.25) is 0 Å². The van der Waals surface area contributed by atoms with Crippen LogP contribution in [0.15, 0.2) is 54.7 Å². The minimum absolute atomic E-state index is 0.269. The summed E-state index contributed by atoms with van der Waals surface area (Å²) < 4.78 is 7.94. The number of aromatic nitrogens is 4. The van der Waals surface area contributed by atoms with Crippen molar-refractivity contribution in [3.8, 4) is 17.2 Å². The summed E-state index contributed by atoms with van der Waals surface area (Å²) in [7, 11) is 0. The van der Waals surface area contributed by atoms with Crippen molar-refractivity contribution >= 4 is 0 Å². The van der Waals surface area contributed by atoms with E-state index in [1.807, 2.05) is 53.2 Å². The number of rotatable bonds is 3. The van der Waals surface area contributed by atoms with Gasteiger partial charge in [-0.3, -0.25) is 0 Å². The number of pyridine rings is 1. The first-order valence-corrected chi connectivity index (χ1v) is 8.48. The first-order valence-electron chi connectivity index (χ1n) is 8.48. The second kappa shape index (κ2) is 5.53. The van der Waals surface area contributed by atoms with Crippen LogP contribution in [0.25, 0.3) is 17.2 Å². The van der Waals surface area contributed by atoms with Crippen LogP contribution in [-0.2, 0) is 4.74 Å². The molecule has 4 heterocycles. The molecular weight excluding hydrogens is 300 g/mol. The maximum absolute atomic E-state index is 6.04. The van der Waals surface area contributed by atoms with E-state index >= 15 is 0 Å². The van der Waals surface area contributed by atoms with E-state index < -0.39 is 0 Å². The summed E-state index contributed by atoms with van der Waals surface area (Å²) in [5.74, 6) is 2.83. The van der Waals surface area contributed by atoms with Crippen LogP contribution in [-0.4, -0.2) is 32.0 Å². The highest BCUT2D eigenvalue weighted by Gasteiger charge is 2.44. The second-order valence-corrected chi connectivity index (χ2v) is 6.48. The van der Waals surface area contributed by atoms with Crippen molar-refractivity contribution in [3.63, 3.8) is 0 Å². The Labute approximate surface area is 140 Å². The van der Waals surface area contributed by atoms with Gasteiger partial charge in [0.15, 0.2) is 11.6 Å². The van der Waals surface area contributed by atoms with E-state index in [1.54, 1.807) is 6.20 Å². The van der Waals surface area contributed by atoms with E-state index in [0.717, 1.165) is 35.9 Å². The Kier molecular flexibility index (Phi) is 3.19. The highest BCUT2D eigenvalue weighted by molar-refractivity contribution is 5.54. The van der Waals surface area contributed by atoms with Crippen molar-refractivity contribution < 1.29 is 4.74 Å². The Morgan fingerprint density at radius 1 is 1.00 bits per heavy atom. The molecule has 24 heavy (non-hydrogen) atoms. The standard InChI is InChI=1S/C19H18N4O/c1-2-6-13(7-3-1)18-21-19(15-12-14-9-10-16(15)24-14)23(22-18)17-8-4-5-11-20-17/h1-8,11,14-16H,9-10,12H2/t14-,15-,16+/m0/s1. The lowest BCUT2D eigenvalue weighted by Crippen LogP contribution is -2.19. The van der Waals surface area contributed by atoms with Crippen LogP contribution in [0, 0.1) is 0 Å². The number of ether oxygens (including phenoxy) is 1. The maximum Gasteiger partial charge on any atom is 0.181 e. The van der Waals surface area contributed by atoms with E-state index in [-0.39, 0.29) is 6.10 Å². The Balaban J connectivity index is 1.63. The van der Waals surface area contributed by atoms with E-state index in [0.29, 0.717) is 12.0 Å². The molecule has 0 amide bonds. The summed E-state index contributed by atoms with van der Waals surface area (Å²) in [6.07, 6.45) is 5.76. The molecular formula is C19H18N4O. The summed E-state index contributed by atoms with van der Waals surface area (Å²) in [5, 5.41) is 4.77. The van der Waals surface area contributed by atoms with Gasteiger partial charge in [-0.1, -0.05) is 36.4 Å². The monoisotopic (exact) mass is 318 g/mol. The van der Waals surface area contributed by atoms with Crippen molar-refractivity contribution in [1.29, 1.82) is 0 Å². The number of nitrogens with zero attached hydrogens (tertiary/aromatic N) is 4. The molecule has 0 aliphatic carbocycles. The molecule has 3 atom stereocenters. The van der Waals surface area contributed by atoms with Crippen LogP contribution in [0.2, 0.25) is 0 Å². The minimum Gasteiger partial charge on any atom is -0.374 e. The van der Waals surface area contributed by atoms with Gasteiger partial charge < -0.3 is 4.74 Å². The van der Waals surface area contributed by atoms with E-state index in [2.05, 4.69) is 4.98 Å². The molecule has 0 N–H and O–H groups in total. The van der Waals surface area contributed by atoms with Crippen molar-refractivity contribution in [1.82, 2.24) is 19.7 Å². The van der Waals surface area contributed by atoms with Gasteiger partial charge in [-0.25, -0.2) is 9.97 Å². The van der Waals surface area contributed by atoms with Gasteiger partial charge in [0, 0.05) is 17.7 Å². The molecule has 2 aromatic heterocycles. The fourth-order valence-corrected chi connectivity index (χ4v) is 3.83. The van der Waals surface area contributed by atoms with Gasteiger partial charge >= 0.3 is 0 Å². The zero-order valence-corrected chi connectivity index (χ0v) is 13.2. The summed E-state index contributed by atoms with van der Waals surface area (Å²) >= 11 is 0. The van der Waals surface area contributed by atoms with Gasteiger partial charge in [0.25, 0.3) is 0 Å². The number of fused-ring (bicyclic) bond motifs is 2. The molecule has 2 saturated heterocycles. The molecule has 0 saturated carbocycles. The lowest BCUT2D eigenvalue weighted by molar-refractivity contribution is 0.0997. The lowest BCUT2D eigenvalue weighted by Gasteiger charge is -2.18. The van der Waals surface area contributed by atoms with Crippen LogP contribution >= 0.6 is 0 Å². The summed E-state index contributed by atoms with van der Waals surface area (Å²) in [6.45, 7) is 0. The van der Waals surface area contributed by atoms with Crippen molar-refractivity contribution in [2.75, 3.05) is 0 Å². The molecule has 2 fully saturated rings. The van der Waals surface area contributed by atoms with E-state index in [4.69, 9.17) is 14.8 Å². The average Bonchev–Trinajstić information content (AvgIpc) is 3.38. The Hall–Kier alpha value is -2.53. The van der Waals surface area contributed by atoms with Gasteiger partial charge in [-0.15, -0.1) is 5.10 Å². The molecule has 2 aliphatic heterocycles. The van der Waals surface area contributed by atoms with Crippen molar-refractivity contribution in [3.05, 3.63) is 60.6 Å². The quantitative estimate of drug-likeness (QED) is 0.743. The molecule has 5 rings (SSSR count). The second-order valence-electron chi connectivity index (χ2n) is 6.48. The van der Waals surface area contributed by atoms with Gasteiger partial charge in [-0.05, 0) is 31.4 Å². The fourth-order valence-electron chi connectivity index (χ4n) is 3.83. The third-order valence-electron chi connectivity index (χ3n) is 4.97. The third-order valence-corrected chi connectivity index (χ3v) is 4.97. The molecule has 0 spiro atoms. The SMILES string of the molecule is c1ccc(-c2nc([C@H]3C[C@@H]4CC[C@H]3O4)n(-c3ccccn3)n2)cc1. The van der Waals surface area contributed by atoms with Crippen LogP contribution in [0.3, 0.4) is 0 Å². The highest BCUT2D eigenvalue weighted by Crippen LogP contribution is 2.44. The van der Waals surface area contributed by atoms with Crippen LogP contribution < -0.4 is 0 Å². The number of hydrogen-bond acceptors (Lipinski definition) is 4. The number of benzene rings is 1. The molecule has 0 unspecified atom stereocenters. The molecule has 2 bridgehead atoms. The highest BCUT2D eigenvalue weighted by atomic mass is 16.5. The Morgan fingerprint density at radius 3 is 2.58 bits per heavy atom. The van der Waals surface area contributed by atoms with Crippen molar-refractivity contribution in [2.45, 2.75) is 37.4 Å². The molecule has 5 heteroatoms. The predicted octanol–water partition coefficient (Wildman–Crippen LogP) is 3.36. The Bertz CT molecular complexity index is 846. The van der Waals surface area contributed by atoms with Crippen LogP contribution in [0.4, 0.5) is 0 Å². The molecule has 5 nitrogen and oxygen atoms in total. The summed E-state index contributed by atoms with van der Waals surface area (Å²) in [6, 6.07) is 16.0. The average molecular weight is 318 g/mol. The van der Waals surface area contributed by atoms with Gasteiger partial charge in [-0.2, -0.15) is 4.68 Å². The summed E-state index contributed by atoms with van der Waals surface area (Å²) in [4.78, 5) is 9.36. The lowest BCUT2D eigenvalue weighted by atomic mass is 9.88. The van der Waals surface area contributed by atoms with E-state index in [9.17, 15) is 0 Å². The largest absolute Gasteiger partial charge is 0.374 e. The molecule has 3 aromatic rings. The first kappa shape index (κ1) is 13.9. The van der Waals surface area contributed by atoms with Gasteiger partial charge in [0.1, 0.15) is 5.82 Å². The summed E-state index contributed by atoms with van der Waals surface area (Å²) in [5.41, 5.74) is 1.03.